The molecule has 0 unspecified atom stereocenters. The van der Waals surface area contributed by atoms with E-state index < -0.39 is 11.6 Å². The van der Waals surface area contributed by atoms with Crippen molar-refractivity contribution in [2.75, 3.05) is 5.01 Å². The Morgan fingerprint density at radius 1 is 1.44 bits per heavy atom. The standard InChI is InChI=1S/C12H15N3O2S/c1-12(8-7-10(16)17)13-11(18)15(14-12)9-5-3-2-4-6-9/h2-6,14H,7-8H2,1H3,(H,13,18)(H,16,17)/p-1/t12-/m1/s1. The first-order chi connectivity index (χ1) is 8.50. The monoisotopic (exact) mass is 264 g/mol. The molecule has 1 aliphatic rings. The summed E-state index contributed by atoms with van der Waals surface area (Å²) >= 11 is 5.24. The van der Waals surface area contributed by atoms with Gasteiger partial charge in [-0.25, -0.2) is 5.43 Å². The molecule has 96 valence electrons. The molecule has 2 N–H and O–H groups in total. The second-order valence-electron chi connectivity index (χ2n) is 4.42. The molecule has 1 atom stereocenters. The van der Waals surface area contributed by atoms with Gasteiger partial charge in [-0.15, -0.1) is 0 Å². The van der Waals surface area contributed by atoms with Crippen LogP contribution in [0.3, 0.4) is 0 Å². The van der Waals surface area contributed by atoms with E-state index in [0.29, 0.717) is 11.5 Å². The van der Waals surface area contributed by atoms with Crippen LogP contribution in [-0.2, 0) is 4.79 Å². The lowest BCUT2D eigenvalue weighted by Crippen LogP contribution is -2.49. The number of hydrazine groups is 1. The SMILES string of the molecule is C[C@@]1(CCC(=O)[O-])NC(=S)N(c2ccccc2)N1. The van der Waals surface area contributed by atoms with E-state index in [0.717, 1.165) is 5.69 Å². The molecule has 18 heavy (non-hydrogen) atoms. The zero-order chi connectivity index (χ0) is 13.2. The van der Waals surface area contributed by atoms with Crippen molar-refractivity contribution < 1.29 is 9.90 Å². The number of para-hydroxylation sites is 1. The third-order valence-electron chi connectivity index (χ3n) is 2.79. The van der Waals surface area contributed by atoms with Crippen molar-refractivity contribution in [2.45, 2.75) is 25.4 Å². The minimum Gasteiger partial charge on any atom is -0.550 e. The summed E-state index contributed by atoms with van der Waals surface area (Å²) in [5.41, 5.74) is 3.53. The Bertz CT molecular complexity index is 466. The number of aliphatic carboxylic acids is 1. The number of carbonyl (C=O) groups excluding carboxylic acids is 1. The molecule has 0 spiro atoms. The quantitative estimate of drug-likeness (QED) is 0.754. The van der Waals surface area contributed by atoms with Crippen LogP contribution in [0.5, 0.6) is 0 Å². The average Bonchev–Trinajstić information content (AvgIpc) is 2.64. The number of carbonyl (C=O) groups is 1. The first-order valence-electron chi connectivity index (χ1n) is 5.65. The van der Waals surface area contributed by atoms with E-state index in [1.807, 2.05) is 37.3 Å². The maximum absolute atomic E-state index is 10.5. The van der Waals surface area contributed by atoms with Gasteiger partial charge < -0.3 is 15.2 Å². The number of carboxylic acid groups (broad SMARTS) is 1. The smallest absolute Gasteiger partial charge is 0.189 e. The zero-order valence-electron chi connectivity index (χ0n) is 9.97. The van der Waals surface area contributed by atoms with E-state index in [4.69, 9.17) is 12.2 Å². The molecule has 0 radical (unpaired) electrons. The van der Waals surface area contributed by atoms with Gasteiger partial charge in [-0.3, -0.25) is 5.01 Å². The van der Waals surface area contributed by atoms with E-state index in [-0.39, 0.29) is 6.42 Å². The molecular formula is C12H14N3O2S-. The molecule has 6 heteroatoms. The normalized spacial score (nSPS) is 22.9. The van der Waals surface area contributed by atoms with Gasteiger partial charge in [0.15, 0.2) is 5.11 Å². The van der Waals surface area contributed by atoms with E-state index in [1.165, 1.54) is 0 Å². The lowest BCUT2D eigenvalue weighted by Gasteiger charge is -2.25. The fourth-order valence-electron chi connectivity index (χ4n) is 1.85. The van der Waals surface area contributed by atoms with Crippen LogP contribution in [0.25, 0.3) is 0 Å². The average molecular weight is 264 g/mol. The van der Waals surface area contributed by atoms with E-state index in [1.54, 1.807) is 5.01 Å². The highest BCUT2D eigenvalue weighted by molar-refractivity contribution is 7.80. The van der Waals surface area contributed by atoms with Gasteiger partial charge in [-0.1, -0.05) is 18.2 Å². The summed E-state index contributed by atoms with van der Waals surface area (Å²) in [4.78, 5) is 10.5. The predicted molar refractivity (Wildman–Crippen MR) is 70.4 cm³/mol. The summed E-state index contributed by atoms with van der Waals surface area (Å²) < 4.78 is 0. The number of hydrogen-bond acceptors (Lipinski definition) is 4. The van der Waals surface area contributed by atoms with Gasteiger partial charge in [0.1, 0.15) is 5.66 Å². The highest BCUT2D eigenvalue weighted by Crippen LogP contribution is 2.21. The highest BCUT2D eigenvalue weighted by atomic mass is 32.1. The van der Waals surface area contributed by atoms with Crippen LogP contribution in [-0.4, -0.2) is 16.7 Å². The van der Waals surface area contributed by atoms with Crippen molar-refractivity contribution in [3.05, 3.63) is 30.3 Å². The third-order valence-corrected chi connectivity index (χ3v) is 3.07. The van der Waals surface area contributed by atoms with Crippen molar-refractivity contribution in [1.82, 2.24) is 10.7 Å². The predicted octanol–water partition coefficient (Wildman–Crippen LogP) is 0.132. The second-order valence-corrected chi connectivity index (χ2v) is 4.80. The maximum atomic E-state index is 10.5. The Morgan fingerprint density at radius 3 is 2.72 bits per heavy atom. The summed E-state index contributed by atoms with van der Waals surface area (Å²) in [6.07, 6.45) is 0.362. The van der Waals surface area contributed by atoms with Crippen LogP contribution in [0.1, 0.15) is 19.8 Å². The molecule has 1 saturated heterocycles. The van der Waals surface area contributed by atoms with Gasteiger partial charge in [0.25, 0.3) is 0 Å². The Balaban J connectivity index is 2.09. The summed E-state index contributed by atoms with van der Waals surface area (Å²) in [5.74, 6) is -1.07. The van der Waals surface area contributed by atoms with E-state index in [2.05, 4.69) is 10.7 Å². The Labute approximate surface area is 111 Å². The minimum absolute atomic E-state index is 0.0260. The van der Waals surface area contributed by atoms with Gasteiger partial charge in [0.05, 0.1) is 5.69 Å². The van der Waals surface area contributed by atoms with Gasteiger partial charge in [0, 0.05) is 5.97 Å². The van der Waals surface area contributed by atoms with Crippen LogP contribution in [0, 0.1) is 0 Å². The number of nitrogens with zero attached hydrogens (tertiary/aromatic N) is 1. The summed E-state index contributed by atoms with van der Waals surface area (Å²) in [6.45, 7) is 1.87. The van der Waals surface area contributed by atoms with Gasteiger partial charge in [0.2, 0.25) is 0 Å². The summed E-state index contributed by atoms with van der Waals surface area (Å²) in [7, 11) is 0. The number of benzene rings is 1. The lowest BCUT2D eigenvalue weighted by atomic mass is 10.1. The molecule has 1 aromatic rings. The number of rotatable bonds is 4. The zero-order valence-corrected chi connectivity index (χ0v) is 10.8. The van der Waals surface area contributed by atoms with Crippen LogP contribution in [0.15, 0.2) is 30.3 Å². The van der Waals surface area contributed by atoms with E-state index in [9.17, 15) is 9.90 Å². The molecule has 1 fully saturated rings. The van der Waals surface area contributed by atoms with Crippen molar-refractivity contribution in [3.63, 3.8) is 0 Å². The molecule has 0 bridgehead atoms. The molecule has 0 amide bonds. The number of nitrogens with one attached hydrogen (secondary N) is 2. The molecule has 0 aromatic heterocycles. The first-order valence-corrected chi connectivity index (χ1v) is 6.06. The molecule has 0 saturated carbocycles. The fraction of sp³-hybridized carbons (Fsp3) is 0.333. The number of carboxylic acids is 1. The number of thiocarbonyl (C=S) groups is 1. The second kappa shape index (κ2) is 4.91. The van der Waals surface area contributed by atoms with Crippen molar-refractivity contribution in [1.29, 1.82) is 0 Å². The number of hydrogen-bond donors (Lipinski definition) is 2. The minimum atomic E-state index is -1.07. The van der Waals surface area contributed by atoms with Gasteiger partial charge >= 0.3 is 0 Å². The van der Waals surface area contributed by atoms with Crippen molar-refractivity contribution >= 4 is 29.0 Å². The molecule has 1 heterocycles. The Morgan fingerprint density at radius 2 is 2.11 bits per heavy atom. The summed E-state index contributed by atoms with van der Waals surface area (Å²) in [5, 5.41) is 15.9. The van der Waals surface area contributed by atoms with Crippen LogP contribution in [0.2, 0.25) is 0 Å². The lowest BCUT2D eigenvalue weighted by molar-refractivity contribution is -0.306. The van der Waals surface area contributed by atoms with Crippen LogP contribution in [0.4, 0.5) is 5.69 Å². The molecule has 5 nitrogen and oxygen atoms in total. The molecule has 2 rings (SSSR count). The maximum Gasteiger partial charge on any atom is 0.189 e. The summed E-state index contributed by atoms with van der Waals surface area (Å²) in [6, 6.07) is 9.59. The topological polar surface area (TPSA) is 67.4 Å². The van der Waals surface area contributed by atoms with Gasteiger partial charge in [-0.2, -0.15) is 0 Å². The Hall–Kier alpha value is -1.66. The first kappa shape index (κ1) is 12.8. The highest BCUT2D eigenvalue weighted by Gasteiger charge is 2.35. The molecular weight excluding hydrogens is 250 g/mol. The van der Waals surface area contributed by atoms with Crippen LogP contribution < -0.4 is 20.9 Å². The molecule has 1 aliphatic heterocycles. The largest absolute Gasteiger partial charge is 0.550 e. The van der Waals surface area contributed by atoms with Crippen molar-refractivity contribution in [3.8, 4) is 0 Å². The molecule has 0 aliphatic carbocycles. The van der Waals surface area contributed by atoms with Crippen molar-refractivity contribution in [2.24, 2.45) is 0 Å². The third kappa shape index (κ3) is 2.77. The van der Waals surface area contributed by atoms with Gasteiger partial charge in [-0.05, 0) is 44.1 Å². The van der Waals surface area contributed by atoms with Crippen LogP contribution >= 0.6 is 12.2 Å². The molecule has 1 aromatic carbocycles. The number of anilines is 1. The Kier molecular flexibility index (Phi) is 3.49. The fourth-order valence-corrected chi connectivity index (χ4v) is 2.22. The van der Waals surface area contributed by atoms with E-state index >= 15 is 0 Å².